The van der Waals surface area contributed by atoms with Crippen LogP contribution in [0.3, 0.4) is 0 Å². The first-order valence-electron chi connectivity index (χ1n) is 6.53. The quantitative estimate of drug-likeness (QED) is 0.638. The SMILES string of the molecule is CCOc1c(Br)cc(Br)cc1CNCCc1ccsc1. The molecule has 0 atom stereocenters. The third kappa shape index (κ3) is 4.58. The van der Waals surface area contributed by atoms with Crippen LogP contribution in [0.4, 0.5) is 0 Å². The summed E-state index contributed by atoms with van der Waals surface area (Å²) in [6.45, 7) is 4.44. The van der Waals surface area contributed by atoms with Crippen molar-refractivity contribution in [1.82, 2.24) is 5.32 Å². The maximum absolute atomic E-state index is 5.72. The topological polar surface area (TPSA) is 21.3 Å². The molecule has 0 aliphatic heterocycles. The second kappa shape index (κ2) is 8.17. The molecule has 1 aromatic heterocycles. The van der Waals surface area contributed by atoms with E-state index < -0.39 is 0 Å². The molecule has 2 aromatic rings. The van der Waals surface area contributed by atoms with Crippen LogP contribution in [-0.4, -0.2) is 13.2 Å². The van der Waals surface area contributed by atoms with Crippen LogP contribution in [0.5, 0.6) is 5.75 Å². The van der Waals surface area contributed by atoms with Gasteiger partial charge in [-0.05, 0) is 70.3 Å². The number of rotatable bonds is 7. The van der Waals surface area contributed by atoms with Crippen LogP contribution >= 0.6 is 43.2 Å². The van der Waals surface area contributed by atoms with Crippen molar-refractivity contribution in [2.24, 2.45) is 0 Å². The number of hydrogen-bond donors (Lipinski definition) is 1. The van der Waals surface area contributed by atoms with Crippen molar-refractivity contribution in [2.45, 2.75) is 19.9 Å². The zero-order chi connectivity index (χ0) is 14.4. The highest BCUT2D eigenvalue weighted by molar-refractivity contribution is 9.11. The van der Waals surface area contributed by atoms with Gasteiger partial charge in [-0.2, -0.15) is 11.3 Å². The lowest BCUT2D eigenvalue weighted by molar-refractivity contribution is 0.333. The lowest BCUT2D eigenvalue weighted by Gasteiger charge is -2.13. The Morgan fingerprint density at radius 2 is 2.15 bits per heavy atom. The second-order valence-corrected chi connectivity index (χ2v) is 6.92. The summed E-state index contributed by atoms with van der Waals surface area (Å²) in [6.07, 6.45) is 1.06. The molecule has 1 heterocycles. The predicted octanol–water partition coefficient (Wildman–Crippen LogP) is 5.00. The minimum Gasteiger partial charge on any atom is -0.492 e. The van der Waals surface area contributed by atoms with Crippen LogP contribution in [0.15, 0.2) is 37.9 Å². The molecule has 0 unspecified atom stereocenters. The molecule has 20 heavy (non-hydrogen) atoms. The summed E-state index contributed by atoms with van der Waals surface area (Å²) in [5.74, 6) is 0.929. The molecular weight excluding hydrogens is 402 g/mol. The van der Waals surface area contributed by atoms with E-state index in [1.54, 1.807) is 11.3 Å². The van der Waals surface area contributed by atoms with Crippen LogP contribution in [0, 0.1) is 0 Å². The van der Waals surface area contributed by atoms with Crippen LogP contribution < -0.4 is 10.1 Å². The Balaban J connectivity index is 1.94. The fourth-order valence-corrected chi connectivity index (χ4v) is 4.07. The minimum atomic E-state index is 0.669. The zero-order valence-corrected chi connectivity index (χ0v) is 15.3. The van der Waals surface area contributed by atoms with Gasteiger partial charge in [0.15, 0.2) is 0 Å². The first-order chi connectivity index (χ1) is 9.70. The van der Waals surface area contributed by atoms with Crippen LogP contribution in [0.25, 0.3) is 0 Å². The van der Waals surface area contributed by atoms with E-state index in [1.807, 2.05) is 13.0 Å². The van der Waals surface area contributed by atoms with Crippen molar-refractivity contribution in [1.29, 1.82) is 0 Å². The second-order valence-electron chi connectivity index (χ2n) is 4.37. The molecule has 0 aliphatic rings. The molecule has 2 nitrogen and oxygen atoms in total. The monoisotopic (exact) mass is 417 g/mol. The average Bonchev–Trinajstić information content (AvgIpc) is 2.91. The van der Waals surface area contributed by atoms with Gasteiger partial charge in [-0.1, -0.05) is 15.9 Å². The van der Waals surface area contributed by atoms with Crippen molar-refractivity contribution in [3.05, 3.63) is 49.0 Å². The van der Waals surface area contributed by atoms with Crippen molar-refractivity contribution in [3.8, 4) is 5.75 Å². The number of hydrogen-bond acceptors (Lipinski definition) is 3. The highest BCUT2D eigenvalue weighted by atomic mass is 79.9. The van der Waals surface area contributed by atoms with E-state index in [9.17, 15) is 0 Å². The molecule has 2 rings (SSSR count). The van der Waals surface area contributed by atoms with E-state index >= 15 is 0 Å². The Labute approximate surface area is 140 Å². The van der Waals surface area contributed by atoms with Crippen LogP contribution in [0.1, 0.15) is 18.1 Å². The summed E-state index contributed by atoms with van der Waals surface area (Å²) >= 11 is 8.83. The van der Waals surface area contributed by atoms with E-state index in [2.05, 4.69) is 60.1 Å². The minimum absolute atomic E-state index is 0.669. The average molecular weight is 419 g/mol. The van der Waals surface area contributed by atoms with Gasteiger partial charge in [-0.3, -0.25) is 0 Å². The molecule has 0 bridgehead atoms. The van der Waals surface area contributed by atoms with E-state index in [4.69, 9.17) is 4.74 Å². The van der Waals surface area contributed by atoms with E-state index in [-0.39, 0.29) is 0 Å². The third-order valence-electron chi connectivity index (χ3n) is 2.86. The van der Waals surface area contributed by atoms with E-state index in [0.717, 1.165) is 34.2 Å². The van der Waals surface area contributed by atoms with Crippen molar-refractivity contribution < 1.29 is 4.74 Å². The smallest absolute Gasteiger partial charge is 0.138 e. The zero-order valence-electron chi connectivity index (χ0n) is 11.3. The van der Waals surface area contributed by atoms with E-state index in [1.165, 1.54) is 11.1 Å². The summed E-state index contributed by atoms with van der Waals surface area (Å²) in [4.78, 5) is 0. The molecule has 0 saturated heterocycles. The summed E-state index contributed by atoms with van der Waals surface area (Å²) in [5.41, 5.74) is 2.56. The number of benzene rings is 1. The van der Waals surface area contributed by atoms with Crippen LogP contribution in [0.2, 0.25) is 0 Å². The Hall–Kier alpha value is -0.360. The molecule has 0 saturated carbocycles. The Morgan fingerprint density at radius 1 is 1.30 bits per heavy atom. The molecule has 5 heteroatoms. The number of ether oxygens (including phenoxy) is 1. The first kappa shape index (κ1) is 16.0. The predicted molar refractivity (Wildman–Crippen MR) is 92.7 cm³/mol. The molecule has 0 aliphatic carbocycles. The van der Waals surface area contributed by atoms with Gasteiger partial charge in [0.25, 0.3) is 0 Å². The Kier molecular flexibility index (Phi) is 6.55. The largest absolute Gasteiger partial charge is 0.492 e. The molecule has 108 valence electrons. The van der Waals surface area contributed by atoms with Gasteiger partial charge in [0.1, 0.15) is 5.75 Å². The standard InChI is InChI=1S/C15H17Br2NOS/c1-2-19-15-12(7-13(16)8-14(15)17)9-18-5-3-11-4-6-20-10-11/h4,6-8,10,18H,2-3,5,9H2,1H3. The van der Waals surface area contributed by atoms with Gasteiger partial charge in [-0.15, -0.1) is 0 Å². The number of halogens is 2. The van der Waals surface area contributed by atoms with Crippen molar-refractivity contribution >= 4 is 43.2 Å². The Morgan fingerprint density at radius 3 is 2.85 bits per heavy atom. The maximum atomic E-state index is 5.72. The number of nitrogens with one attached hydrogen (secondary N) is 1. The normalized spacial score (nSPS) is 10.8. The number of thiophene rings is 1. The summed E-state index contributed by atoms with van der Waals surface area (Å²) in [6, 6.07) is 6.29. The summed E-state index contributed by atoms with van der Waals surface area (Å²) in [5, 5.41) is 7.79. The molecule has 1 N–H and O–H groups in total. The molecule has 1 aromatic carbocycles. The van der Waals surface area contributed by atoms with Gasteiger partial charge >= 0.3 is 0 Å². The summed E-state index contributed by atoms with van der Waals surface area (Å²) in [7, 11) is 0. The van der Waals surface area contributed by atoms with Gasteiger partial charge in [0, 0.05) is 16.6 Å². The van der Waals surface area contributed by atoms with Gasteiger partial charge < -0.3 is 10.1 Å². The lowest BCUT2D eigenvalue weighted by atomic mass is 10.2. The molecule has 0 spiro atoms. The summed E-state index contributed by atoms with van der Waals surface area (Å²) < 4.78 is 7.77. The third-order valence-corrected chi connectivity index (χ3v) is 4.64. The van der Waals surface area contributed by atoms with Gasteiger partial charge in [0.05, 0.1) is 11.1 Å². The Bertz CT molecular complexity index is 543. The maximum Gasteiger partial charge on any atom is 0.138 e. The highest BCUT2D eigenvalue weighted by Crippen LogP contribution is 2.32. The fourth-order valence-electron chi connectivity index (χ4n) is 1.94. The molecule has 0 radical (unpaired) electrons. The van der Waals surface area contributed by atoms with Crippen LogP contribution in [-0.2, 0) is 13.0 Å². The van der Waals surface area contributed by atoms with Crippen molar-refractivity contribution in [3.63, 3.8) is 0 Å². The highest BCUT2D eigenvalue weighted by Gasteiger charge is 2.09. The molecule has 0 fully saturated rings. The molecular formula is C15H17Br2NOS. The fraction of sp³-hybridized carbons (Fsp3) is 0.333. The van der Waals surface area contributed by atoms with Crippen molar-refractivity contribution in [2.75, 3.05) is 13.2 Å². The van der Waals surface area contributed by atoms with E-state index in [0.29, 0.717) is 6.61 Å². The molecule has 0 amide bonds. The van der Waals surface area contributed by atoms with Gasteiger partial charge in [-0.25, -0.2) is 0 Å². The van der Waals surface area contributed by atoms with Gasteiger partial charge in [0.2, 0.25) is 0 Å². The first-order valence-corrected chi connectivity index (χ1v) is 9.06. The lowest BCUT2D eigenvalue weighted by Crippen LogP contribution is -2.17.